The fraction of sp³-hybridized carbons (Fsp3) is 0.286. The number of hydrogen-bond acceptors (Lipinski definition) is 3. The van der Waals surface area contributed by atoms with Crippen LogP contribution in [0.15, 0.2) is 17.1 Å². The molecule has 0 saturated carbocycles. The molecule has 1 heterocycles. The van der Waals surface area contributed by atoms with E-state index in [0.717, 1.165) is 11.4 Å². The lowest BCUT2D eigenvalue weighted by Gasteiger charge is -1.95. The van der Waals surface area contributed by atoms with Crippen molar-refractivity contribution < 1.29 is 0 Å². The summed E-state index contributed by atoms with van der Waals surface area (Å²) >= 11 is 0. The van der Waals surface area contributed by atoms with Crippen molar-refractivity contribution in [3.63, 3.8) is 0 Å². The van der Waals surface area contributed by atoms with Gasteiger partial charge in [0.2, 0.25) is 0 Å². The van der Waals surface area contributed by atoms with Gasteiger partial charge in [0.15, 0.2) is 5.96 Å². The topological polar surface area (TPSA) is 90.2 Å². The zero-order valence-electron chi connectivity index (χ0n) is 6.86. The number of guanidine groups is 1. The largest absolute Gasteiger partial charge is 0.370 e. The number of rotatable bonds is 2. The molecule has 64 valence electrons. The van der Waals surface area contributed by atoms with Crippen molar-refractivity contribution in [2.75, 3.05) is 0 Å². The molecule has 4 N–H and O–H groups in total. The summed E-state index contributed by atoms with van der Waals surface area (Å²) < 4.78 is 0. The van der Waals surface area contributed by atoms with E-state index in [4.69, 9.17) is 11.5 Å². The maximum Gasteiger partial charge on any atom is 0.186 e. The van der Waals surface area contributed by atoms with Crippen molar-refractivity contribution in [3.05, 3.63) is 23.5 Å². The van der Waals surface area contributed by atoms with Crippen LogP contribution in [0.3, 0.4) is 0 Å². The van der Waals surface area contributed by atoms with Gasteiger partial charge in [-0.3, -0.25) is 0 Å². The van der Waals surface area contributed by atoms with E-state index in [2.05, 4.69) is 15.2 Å². The van der Waals surface area contributed by atoms with Crippen LogP contribution in [0.2, 0.25) is 0 Å². The van der Waals surface area contributed by atoms with Crippen LogP contribution in [-0.2, 0) is 6.54 Å². The Labute approximate surface area is 70.5 Å². The minimum absolute atomic E-state index is 0.0670. The minimum atomic E-state index is 0.0670. The molecule has 0 aliphatic rings. The second-order valence-corrected chi connectivity index (χ2v) is 2.41. The van der Waals surface area contributed by atoms with E-state index in [1.54, 1.807) is 0 Å². The summed E-state index contributed by atoms with van der Waals surface area (Å²) in [6, 6.07) is 3.71. The Bertz CT molecular complexity index is 272. The van der Waals surface area contributed by atoms with Gasteiger partial charge < -0.3 is 11.5 Å². The van der Waals surface area contributed by atoms with E-state index in [-0.39, 0.29) is 5.96 Å². The normalized spacial score (nSPS) is 9.42. The van der Waals surface area contributed by atoms with Gasteiger partial charge in [0.05, 0.1) is 17.9 Å². The van der Waals surface area contributed by atoms with Crippen LogP contribution in [0.25, 0.3) is 0 Å². The zero-order chi connectivity index (χ0) is 8.97. The summed E-state index contributed by atoms with van der Waals surface area (Å²) in [4.78, 5) is 3.79. The molecule has 1 aromatic heterocycles. The molecule has 0 spiro atoms. The van der Waals surface area contributed by atoms with Crippen molar-refractivity contribution in [2.24, 2.45) is 16.5 Å². The predicted molar refractivity (Wildman–Crippen MR) is 46.3 cm³/mol. The molecular weight excluding hydrogens is 154 g/mol. The van der Waals surface area contributed by atoms with Crippen molar-refractivity contribution in [3.8, 4) is 0 Å². The van der Waals surface area contributed by atoms with E-state index in [0.29, 0.717) is 6.54 Å². The maximum atomic E-state index is 5.15. The van der Waals surface area contributed by atoms with E-state index in [9.17, 15) is 0 Å². The average Bonchev–Trinajstić information content (AvgIpc) is 2.03. The molecule has 0 aliphatic heterocycles. The Morgan fingerprint density at radius 2 is 2.17 bits per heavy atom. The molecule has 1 aromatic rings. The van der Waals surface area contributed by atoms with Gasteiger partial charge in [-0.25, -0.2) is 4.99 Å². The fourth-order valence-corrected chi connectivity index (χ4v) is 0.683. The molecule has 0 unspecified atom stereocenters. The highest BCUT2D eigenvalue weighted by Gasteiger charge is 1.92. The number of aryl methyl sites for hydroxylation is 1. The molecule has 0 radical (unpaired) electrons. The fourth-order valence-electron chi connectivity index (χ4n) is 0.683. The summed E-state index contributed by atoms with van der Waals surface area (Å²) in [5.74, 6) is 0.0670. The summed E-state index contributed by atoms with van der Waals surface area (Å²) in [5.41, 5.74) is 11.9. The predicted octanol–water partition coefficient (Wildman–Crippen LogP) is -0.442. The van der Waals surface area contributed by atoms with Gasteiger partial charge >= 0.3 is 0 Å². The third kappa shape index (κ3) is 2.53. The molecule has 0 fully saturated rings. The summed E-state index contributed by atoms with van der Waals surface area (Å²) in [6.07, 6.45) is 0. The molecule has 12 heavy (non-hydrogen) atoms. The van der Waals surface area contributed by atoms with E-state index in [1.807, 2.05) is 19.1 Å². The van der Waals surface area contributed by atoms with E-state index < -0.39 is 0 Å². The Balaban J connectivity index is 2.65. The maximum absolute atomic E-state index is 5.15. The first-order chi connectivity index (χ1) is 5.68. The van der Waals surface area contributed by atoms with Gasteiger partial charge in [0, 0.05) is 0 Å². The van der Waals surface area contributed by atoms with Crippen molar-refractivity contribution >= 4 is 5.96 Å². The summed E-state index contributed by atoms with van der Waals surface area (Å²) in [6.45, 7) is 2.26. The quantitative estimate of drug-likeness (QED) is 0.459. The average molecular weight is 165 g/mol. The lowest BCUT2D eigenvalue weighted by Crippen LogP contribution is -2.22. The monoisotopic (exact) mass is 165 g/mol. The van der Waals surface area contributed by atoms with Crippen LogP contribution in [-0.4, -0.2) is 16.2 Å². The van der Waals surface area contributed by atoms with Gasteiger partial charge in [-0.15, -0.1) is 0 Å². The SMILES string of the molecule is Cc1ccc(CN=C(N)N)nn1. The van der Waals surface area contributed by atoms with Crippen LogP contribution in [0.1, 0.15) is 11.4 Å². The molecule has 5 heteroatoms. The smallest absolute Gasteiger partial charge is 0.186 e. The van der Waals surface area contributed by atoms with Crippen molar-refractivity contribution in [1.29, 1.82) is 0 Å². The van der Waals surface area contributed by atoms with Gasteiger partial charge in [-0.1, -0.05) is 0 Å². The molecule has 0 amide bonds. The Morgan fingerprint density at radius 1 is 1.42 bits per heavy atom. The first-order valence-corrected chi connectivity index (χ1v) is 3.53. The lowest BCUT2D eigenvalue weighted by atomic mass is 10.3. The Hall–Kier alpha value is -1.65. The third-order valence-electron chi connectivity index (χ3n) is 1.28. The molecule has 0 saturated heterocycles. The van der Waals surface area contributed by atoms with Gasteiger partial charge in [0.1, 0.15) is 0 Å². The van der Waals surface area contributed by atoms with Crippen LogP contribution < -0.4 is 11.5 Å². The molecule has 0 aliphatic carbocycles. The number of nitrogens with two attached hydrogens (primary N) is 2. The van der Waals surface area contributed by atoms with E-state index in [1.165, 1.54) is 0 Å². The van der Waals surface area contributed by atoms with Crippen molar-refractivity contribution in [2.45, 2.75) is 13.5 Å². The molecule has 5 nitrogen and oxygen atoms in total. The lowest BCUT2D eigenvalue weighted by molar-refractivity contribution is 0.875. The highest BCUT2D eigenvalue weighted by atomic mass is 15.1. The summed E-state index contributed by atoms with van der Waals surface area (Å²) in [7, 11) is 0. The van der Waals surface area contributed by atoms with Crippen LogP contribution in [0.5, 0.6) is 0 Å². The standard InChI is InChI=1S/C7H11N5/c1-5-2-3-6(12-11-5)4-10-7(8)9/h2-3H,4H2,1H3,(H4,8,9,10). The highest BCUT2D eigenvalue weighted by molar-refractivity contribution is 5.75. The van der Waals surface area contributed by atoms with Crippen molar-refractivity contribution in [1.82, 2.24) is 10.2 Å². The van der Waals surface area contributed by atoms with Crippen LogP contribution >= 0.6 is 0 Å². The van der Waals surface area contributed by atoms with Gasteiger partial charge in [-0.05, 0) is 19.1 Å². The first kappa shape index (κ1) is 8.45. The first-order valence-electron chi connectivity index (χ1n) is 3.53. The molecule has 0 bridgehead atoms. The molecule has 0 atom stereocenters. The van der Waals surface area contributed by atoms with Gasteiger partial charge in [0.25, 0.3) is 0 Å². The van der Waals surface area contributed by atoms with Gasteiger partial charge in [-0.2, -0.15) is 10.2 Å². The number of aromatic nitrogens is 2. The second-order valence-electron chi connectivity index (χ2n) is 2.41. The molecule has 0 aromatic carbocycles. The number of nitrogens with zero attached hydrogens (tertiary/aromatic N) is 3. The molecule has 1 rings (SSSR count). The zero-order valence-corrected chi connectivity index (χ0v) is 6.86. The highest BCUT2D eigenvalue weighted by Crippen LogP contribution is 1.95. The minimum Gasteiger partial charge on any atom is -0.370 e. The summed E-state index contributed by atoms with van der Waals surface area (Å²) in [5, 5.41) is 7.74. The number of hydrogen-bond donors (Lipinski definition) is 2. The molecular formula is C7H11N5. The van der Waals surface area contributed by atoms with E-state index >= 15 is 0 Å². The third-order valence-corrected chi connectivity index (χ3v) is 1.28. The van der Waals surface area contributed by atoms with Crippen LogP contribution in [0, 0.1) is 6.92 Å². The number of aliphatic imine (C=N–C) groups is 1. The van der Waals surface area contributed by atoms with Crippen LogP contribution in [0.4, 0.5) is 0 Å². The Kier molecular flexibility index (Phi) is 2.57. The Morgan fingerprint density at radius 3 is 2.67 bits per heavy atom. The second kappa shape index (κ2) is 3.66.